The van der Waals surface area contributed by atoms with Crippen molar-refractivity contribution in [1.29, 1.82) is 0 Å². The first-order valence-corrected chi connectivity index (χ1v) is 9.05. The van der Waals surface area contributed by atoms with Crippen LogP contribution in [0.25, 0.3) is 10.4 Å². The van der Waals surface area contributed by atoms with Gasteiger partial charge in [0.25, 0.3) is 5.91 Å². The summed E-state index contributed by atoms with van der Waals surface area (Å²) in [5, 5.41) is 10.1. The maximum atomic E-state index is 12.8. The fourth-order valence-electron chi connectivity index (χ4n) is 2.98. The highest BCUT2D eigenvalue weighted by molar-refractivity contribution is 7.17. The smallest absolute Gasteiger partial charge is 0.264 e. The van der Waals surface area contributed by atoms with Gasteiger partial charge in [-0.3, -0.25) is 4.79 Å². The molecule has 0 spiro atoms. The minimum absolute atomic E-state index is 0.0702. The molecule has 2 unspecified atom stereocenters. The lowest BCUT2D eigenvalue weighted by Gasteiger charge is -2.37. The molecule has 1 N–H and O–H groups in total. The molecule has 1 aromatic heterocycles. The van der Waals surface area contributed by atoms with E-state index >= 15 is 0 Å². The molecule has 2 heterocycles. The number of hydrogen-bond donors (Lipinski definition) is 1. The quantitative estimate of drug-likeness (QED) is 0.897. The number of piperidine rings is 1. The van der Waals surface area contributed by atoms with E-state index in [1.165, 1.54) is 11.3 Å². The first kappa shape index (κ1) is 16.5. The van der Waals surface area contributed by atoms with Crippen LogP contribution in [0.2, 0.25) is 5.02 Å². The largest absolute Gasteiger partial charge is 0.396 e. The Morgan fingerprint density at radius 3 is 2.70 bits per heavy atom. The third kappa shape index (κ3) is 3.60. The van der Waals surface area contributed by atoms with Crippen LogP contribution in [0.1, 0.15) is 29.4 Å². The number of amides is 1. The predicted octanol–water partition coefficient (Wildman–Crippen LogP) is 4.30. The molecule has 1 aliphatic rings. The fourth-order valence-corrected chi connectivity index (χ4v) is 4.07. The summed E-state index contributed by atoms with van der Waals surface area (Å²) in [6.45, 7) is 2.88. The molecule has 0 bridgehead atoms. The minimum Gasteiger partial charge on any atom is -0.396 e. The molecule has 122 valence electrons. The molecule has 0 radical (unpaired) electrons. The van der Waals surface area contributed by atoms with E-state index in [1.807, 2.05) is 41.3 Å². The average molecular weight is 350 g/mol. The number of carbonyl (C=O) groups excluding carboxylic acids is 1. The summed E-state index contributed by atoms with van der Waals surface area (Å²) >= 11 is 7.43. The van der Waals surface area contributed by atoms with Gasteiger partial charge in [-0.25, -0.2) is 0 Å². The Bertz CT molecular complexity index is 683. The van der Waals surface area contributed by atoms with Gasteiger partial charge in [-0.15, -0.1) is 11.3 Å². The Hall–Kier alpha value is -1.36. The molecule has 1 saturated heterocycles. The Labute approximate surface area is 145 Å². The molecule has 1 aliphatic heterocycles. The molecule has 1 amide bonds. The molecule has 0 aliphatic carbocycles. The Balaban J connectivity index is 1.79. The number of aliphatic hydroxyl groups is 1. The van der Waals surface area contributed by atoms with Crippen LogP contribution in [0, 0.1) is 5.92 Å². The molecule has 1 aromatic carbocycles. The summed E-state index contributed by atoms with van der Waals surface area (Å²) in [4.78, 5) is 16.5. The van der Waals surface area contributed by atoms with Gasteiger partial charge in [0.15, 0.2) is 0 Å². The van der Waals surface area contributed by atoms with Crippen molar-refractivity contribution < 1.29 is 9.90 Å². The second kappa shape index (κ2) is 7.04. The fraction of sp³-hybridized carbons (Fsp3) is 0.389. The number of carbonyl (C=O) groups is 1. The van der Waals surface area contributed by atoms with E-state index in [2.05, 4.69) is 6.92 Å². The number of nitrogens with zero attached hydrogens (tertiary/aromatic N) is 1. The van der Waals surface area contributed by atoms with Crippen LogP contribution in [-0.4, -0.2) is 35.1 Å². The second-order valence-corrected chi connectivity index (χ2v) is 7.62. The number of rotatable bonds is 3. The third-order valence-corrected chi connectivity index (χ3v) is 5.82. The van der Waals surface area contributed by atoms with Crippen molar-refractivity contribution in [2.75, 3.05) is 13.2 Å². The van der Waals surface area contributed by atoms with Crippen molar-refractivity contribution in [2.24, 2.45) is 5.92 Å². The topological polar surface area (TPSA) is 40.5 Å². The van der Waals surface area contributed by atoms with E-state index in [4.69, 9.17) is 11.6 Å². The molecule has 5 heteroatoms. The van der Waals surface area contributed by atoms with Crippen LogP contribution in [0.3, 0.4) is 0 Å². The number of benzene rings is 1. The lowest BCUT2D eigenvalue weighted by Crippen LogP contribution is -2.46. The highest BCUT2D eigenvalue weighted by Gasteiger charge is 2.29. The first-order chi connectivity index (χ1) is 11.1. The van der Waals surface area contributed by atoms with Crippen molar-refractivity contribution in [3.63, 3.8) is 0 Å². The number of likely N-dealkylation sites (tertiary alicyclic amines) is 1. The lowest BCUT2D eigenvalue weighted by molar-refractivity contribution is 0.0493. The Kier molecular flexibility index (Phi) is 5.05. The molecule has 3 nitrogen and oxygen atoms in total. The second-order valence-electron chi connectivity index (χ2n) is 6.10. The zero-order valence-corrected chi connectivity index (χ0v) is 14.6. The highest BCUT2D eigenvalue weighted by atomic mass is 35.5. The summed E-state index contributed by atoms with van der Waals surface area (Å²) in [6.07, 6.45) is 1.94. The van der Waals surface area contributed by atoms with Gasteiger partial charge in [0.1, 0.15) is 0 Å². The summed E-state index contributed by atoms with van der Waals surface area (Å²) in [6, 6.07) is 11.8. The van der Waals surface area contributed by atoms with Gasteiger partial charge in [-0.2, -0.15) is 0 Å². The normalized spacial score (nSPS) is 21.4. The minimum atomic E-state index is 0.0702. The van der Waals surface area contributed by atoms with E-state index in [-0.39, 0.29) is 24.5 Å². The monoisotopic (exact) mass is 349 g/mol. The predicted molar refractivity (Wildman–Crippen MR) is 95.1 cm³/mol. The first-order valence-electron chi connectivity index (χ1n) is 7.86. The number of aliphatic hydroxyl groups excluding tert-OH is 1. The average Bonchev–Trinajstić information content (AvgIpc) is 3.05. The summed E-state index contributed by atoms with van der Waals surface area (Å²) < 4.78 is 0. The van der Waals surface area contributed by atoms with E-state index in [9.17, 15) is 9.90 Å². The molecular weight excluding hydrogens is 330 g/mol. The number of halogens is 1. The third-order valence-electron chi connectivity index (χ3n) is 4.44. The van der Waals surface area contributed by atoms with Gasteiger partial charge in [0.05, 0.1) is 4.88 Å². The Morgan fingerprint density at radius 1 is 1.26 bits per heavy atom. The Morgan fingerprint density at radius 2 is 2.00 bits per heavy atom. The van der Waals surface area contributed by atoms with E-state index < -0.39 is 0 Å². The van der Waals surface area contributed by atoms with Gasteiger partial charge in [0, 0.05) is 29.1 Å². The molecule has 0 saturated carbocycles. The van der Waals surface area contributed by atoms with Crippen molar-refractivity contribution in [1.82, 2.24) is 4.90 Å². The van der Waals surface area contributed by atoms with Crippen molar-refractivity contribution in [3.8, 4) is 10.4 Å². The van der Waals surface area contributed by atoms with Crippen LogP contribution in [0.15, 0.2) is 36.4 Å². The molecule has 23 heavy (non-hydrogen) atoms. The van der Waals surface area contributed by atoms with E-state index in [1.54, 1.807) is 0 Å². The SMILES string of the molecule is CC1CCC(CO)CN1C(=O)c1ccc(-c2ccc(Cl)cc2)s1. The number of thiophene rings is 1. The van der Waals surface area contributed by atoms with E-state index in [0.29, 0.717) is 11.6 Å². The zero-order valence-electron chi connectivity index (χ0n) is 13.0. The molecule has 2 atom stereocenters. The molecule has 2 aromatic rings. The van der Waals surface area contributed by atoms with Crippen LogP contribution in [0.5, 0.6) is 0 Å². The zero-order chi connectivity index (χ0) is 16.4. The van der Waals surface area contributed by atoms with Gasteiger partial charge in [-0.1, -0.05) is 23.7 Å². The van der Waals surface area contributed by atoms with Gasteiger partial charge in [-0.05, 0) is 55.5 Å². The van der Waals surface area contributed by atoms with Gasteiger partial charge < -0.3 is 10.0 Å². The molecular formula is C18H20ClNO2S. The lowest BCUT2D eigenvalue weighted by atomic mass is 9.94. The van der Waals surface area contributed by atoms with Crippen molar-refractivity contribution >= 4 is 28.8 Å². The van der Waals surface area contributed by atoms with E-state index in [0.717, 1.165) is 28.2 Å². The molecule has 1 fully saturated rings. The highest BCUT2D eigenvalue weighted by Crippen LogP contribution is 2.31. The van der Waals surface area contributed by atoms with Crippen LogP contribution in [0.4, 0.5) is 0 Å². The number of hydrogen-bond acceptors (Lipinski definition) is 3. The summed E-state index contributed by atoms with van der Waals surface area (Å²) in [5.41, 5.74) is 1.07. The standard InChI is InChI=1S/C18H20ClNO2S/c1-12-2-3-13(11-21)10-20(12)18(22)17-9-8-16(23-17)14-4-6-15(19)7-5-14/h4-9,12-13,21H,2-3,10-11H2,1H3. The van der Waals surface area contributed by atoms with Gasteiger partial charge in [0.2, 0.25) is 0 Å². The summed E-state index contributed by atoms with van der Waals surface area (Å²) in [5.74, 6) is 0.270. The maximum Gasteiger partial charge on any atom is 0.264 e. The van der Waals surface area contributed by atoms with Crippen molar-refractivity contribution in [2.45, 2.75) is 25.8 Å². The van der Waals surface area contributed by atoms with Crippen LogP contribution in [-0.2, 0) is 0 Å². The van der Waals surface area contributed by atoms with Gasteiger partial charge >= 0.3 is 0 Å². The maximum absolute atomic E-state index is 12.8. The van der Waals surface area contributed by atoms with Crippen LogP contribution >= 0.6 is 22.9 Å². The van der Waals surface area contributed by atoms with Crippen LogP contribution < -0.4 is 0 Å². The molecule has 3 rings (SSSR count). The summed E-state index contributed by atoms with van der Waals surface area (Å²) in [7, 11) is 0. The van der Waals surface area contributed by atoms with Crippen molar-refractivity contribution in [3.05, 3.63) is 46.3 Å².